The summed E-state index contributed by atoms with van der Waals surface area (Å²) in [5.74, 6) is -2.56. The first-order chi connectivity index (χ1) is 13.2. The van der Waals surface area contributed by atoms with Crippen LogP contribution in [0.2, 0.25) is 0 Å². The Labute approximate surface area is 157 Å². The van der Waals surface area contributed by atoms with Crippen LogP contribution in [-0.4, -0.2) is 24.5 Å². The zero-order valence-electron chi connectivity index (χ0n) is 14.7. The SMILES string of the molecule is COc1cc(OC(F)(F)F)ccc1OCc1cc(C2CC2)cc(F)c1C(=O)O. The number of ether oxygens (including phenoxy) is 3. The van der Waals surface area contributed by atoms with E-state index in [0.29, 0.717) is 5.56 Å². The Balaban J connectivity index is 1.84. The van der Waals surface area contributed by atoms with Gasteiger partial charge in [-0.25, -0.2) is 9.18 Å². The van der Waals surface area contributed by atoms with Crippen LogP contribution in [0.15, 0.2) is 30.3 Å². The van der Waals surface area contributed by atoms with Gasteiger partial charge < -0.3 is 19.3 Å². The Kier molecular flexibility index (Phi) is 5.35. The average Bonchev–Trinajstić information content (AvgIpc) is 3.43. The maximum atomic E-state index is 14.2. The summed E-state index contributed by atoms with van der Waals surface area (Å²) in [6.07, 6.45) is -3.05. The molecule has 1 aliphatic carbocycles. The van der Waals surface area contributed by atoms with Crippen molar-refractivity contribution in [1.82, 2.24) is 0 Å². The minimum atomic E-state index is -4.86. The van der Waals surface area contributed by atoms with Gasteiger partial charge in [-0.15, -0.1) is 13.2 Å². The van der Waals surface area contributed by atoms with E-state index in [1.165, 1.54) is 19.2 Å². The van der Waals surface area contributed by atoms with E-state index in [9.17, 15) is 27.5 Å². The molecule has 0 radical (unpaired) electrons. The fourth-order valence-electron chi connectivity index (χ4n) is 2.81. The summed E-state index contributed by atoms with van der Waals surface area (Å²) in [5.41, 5.74) is 0.328. The quantitative estimate of drug-likeness (QED) is 0.671. The van der Waals surface area contributed by atoms with Gasteiger partial charge in [-0.1, -0.05) is 6.07 Å². The number of aromatic carboxylic acids is 1. The molecule has 0 atom stereocenters. The maximum Gasteiger partial charge on any atom is 0.573 e. The van der Waals surface area contributed by atoms with Crippen LogP contribution in [0.25, 0.3) is 0 Å². The highest BCUT2D eigenvalue weighted by Crippen LogP contribution is 2.41. The van der Waals surface area contributed by atoms with Crippen LogP contribution < -0.4 is 14.2 Å². The Bertz CT molecular complexity index is 891. The molecule has 2 aromatic rings. The van der Waals surface area contributed by atoms with E-state index in [-0.39, 0.29) is 29.6 Å². The van der Waals surface area contributed by atoms with Crippen LogP contribution >= 0.6 is 0 Å². The second kappa shape index (κ2) is 7.57. The van der Waals surface area contributed by atoms with Crippen molar-refractivity contribution in [3.05, 3.63) is 52.8 Å². The fourth-order valence-corrected chi connectivity index (χ4v) is 2.81. The predicted molar refractivity (Wildman–Crippen MR) is 89.3 cm³/mol. The van der Waals surface area contributed by atoms with E-state index in [1.54, 1.807) is 6.07 Å². The largest absolute Gasteiger partial charge is 0.573 e. The van der Waals surface area contributed by atoms with Crippen molar-refractivity contribution >= 4 is 5.97 Å². The lowest BCUT2D eigenvalue weighted by atomic mass is 10.0. The van der Waals surface area contributed by atoms with Crippen LogP contribution in [0.3, 0.4) is 0 Å². The van der Waals surface area contributed by atoms with Crippen LogP contribution in [0.1, 0.15) is 40.2 Å². The molecule has 1 aliphatic rings. The van der Waals surface area contributed by atoms with Crippen LogP contribution in [-0.2, 0) is 6.61 Å². The third kappa shape index (κ3) is 4.65. The van der Waals surface area contributed by atoms with Crippen molar-refractivity contribution in [3.8, 4) is 17.2 Å². The minimum absolute atomic E-state index is 0.0440. The van der Waals surface area contributed by atoms with Crippen molar-refractivity contribution in [1.29, 1.82) is 0 Å². The third-order valence-corrected chi connectivity index (χ3v) is 4.21. The molecule has 0 spiro atoms. The van der Waals surface area contributed by atoms with Gasteiger partial charge in [-0.3, -0.25) is 0 Å². The maximum absolute atomic E-state index is 14.2. The average molecular weight is 400 g/mol. The Morgan fingerprint density at radius 3 is 2.46 bits per heavy atom. The number of carbonyl (C=O) groups is 1. The van der Waals surface area contributed by atoms with E-state index in [0.717, 1.165) is 25.0 Å². The predicted octanol–water partition coefficient (Wildman–Crippen LogP) is 4.89. The number of hydrogen-bond acceptors (Lipinski definition) is 4. The van der Waals surface area contributed by atoms with Crippen LogP contribution in [0.4, 0.5) is 17.6 Å². The van der Waals surface area contributed by atoms with Gasteiger partial charge >= 0.3 is 12.3 Å². The molecule has 1 fully saturated rings. The van der Waals surface area contributed by atoms with Gasteiger partial charge in [0.05, 0.1) is 7.11 Å². The third-order valence-electron chi connectivity index (χ3n) is 4.21. The van der Waals surface area contributed by atoms with Crippen LogP contribution in [0, 0.1) is 5.82 Å². The number of benzene rings is 2. The number of rotatable bonds is 7. The highest BCUT2D eigenvalue weighted by molar-refractivity contribution is 5.89. The normalized spacial score (nSPS) is 13.9. The summed E-state index contributed by atoms with van der Waals surface area (Å²) in [6.45, 7) is -0.297. The van der Waals surface area contributed by atoms with Crippen LogP contribution in [0.5, 0.6) is 17.2 Å². The molecule has 0 unspecified atom stereocenters. The molecule has 0 saturated heterocycles. The van der Waals surface area contributed by atoms with Crippen molar-refractivity contribution < 1.29 is 41.7 Å². The molecule has 28 heavy (non-hydrogen) atoms. The minimum Gasteiger partial charge on any atom is -0.493 e. The van der Waals surface area contributed by atoms with E-state index < -0.39 is 29.5 Å². The summed E-state index contributed by atoms with van der Waals surface area (Å²) in [7, 11) is 1.23. The molecule has 9 heteroatoms. The summed E-state index contributed by atoms with van der Waals surface area (Å²) < 4.78 is 65.6. The molecular weight excluding hydrogens is 384 g/mol. The number of carboxylic acid groups (broad SMARTS) is 1. The van der Waals surface area contributed by atoms with E-state index >= 15 is 0 Å². The standard InChI is InChI=1S/C19H16F4O5/c1-26-16-8-13(28-19(21,22)23)4-5-15(16)27-9-12-6-11(10-2-3-10)7-14(20)17(12)18(24)25/h4-8,10H,2-3,9H2,1H3,(H,24,25). The second-order valence-electron chi connectivity index (χ2n) is 6.27. The molecular formula is C19H16F4O5. The second-order valence-corrected chi connectivity index (χ2v) is 6.27. The summed E-state index contributed by atoms with van der Waals surface area (Å²) in [4.78, 5) is 11.4. The summed E-state index contributed by atoms with van der Waals surface area (Å²) in [6, 6.07) is 6.01. The zero-order valence-corrected chi connectivity index (χ0v) is 14.7. The molecule has 0 bridgehead atoms. The molecule has 0 aromatic heterocycles. The Morgan fingerprint density at radius 1 is 1.18 bits per heavy atom. The van der Waals surface area contributed by atoms with Gasteiger partial charge in [-0.2, -0.15) is 0 Å². The van der Waals surface area contributed by atoms with E-state index in [2.05, 4.69) is 4.74 Å². The van der Waals surface area contributed by atoms with Gasteiger partial charge in [0.2, 0.25) is 0 Å². The van der Waals surface area contributed by atoms with E-state index in [4.69, 9.17) is 9.47 Å². The summed E-state index contributed by atoms with van der Waals surface area (Å²) >= 11 is 0. The van der Waals surface area contributed by atoms with Gasteiger partial charge in [0, 0.05) is 11.6 Å². The van der Waals surface area contributed by atoms with Crippen molar-refractivity contribution in [2.24, 2.45) is 0 Å². The number of hydrogen-bond donors (Lipinski definition) is 1. The molecule has 1 N–H and O–H groups in total. The van der Waals surface area contributed by atoms with Gasteiger partial charge in [0.15, 0.2) is 11.5 Å². The topological polar surface area (TPSA) is 65.0 Å². The lowest BCUT2D eigenvalue weighted by Crippen LogP contribution is -2.17. The number of methoxy groups -OCH3 is 1. The highest BCUT2D eigenvalue weighted by atomic mass is 19.4. The monoisotopic (exact) mass is 400 g/mol. The van der Waals surface area contributed by atoms with Crippen molar-refractivity contribution in [2.75, 3.05) is 7.11 Å². The van der Waals surface area contributed by atoms with Crippen molar-refractivity contribution in [3.63, 3.8) is 0 Å². The van der Waals surface area contributed by atoms with Gasteiger partial charge in [0.1, 0.15) is 23.7 Å². The zero-order chi connectivity index (χ0) is 20.5. The Morgan fingerprint density at radius 2 is 1.89 bits per heavy atom. The first kappa shape index (κ1) is 19.8. The molecule has 0 heterocycles. The molecule has 0 amide bonds. The van der Waals surface area contributed by atoms with Gasteiger partial charge in [0.25, 0.3) is 0 Å². The lowest BCUT2D eigenvalue weighted by Gasteiger charge is -2.15. The van der Waals surface area contributed by atoms with Crippen molar-refractivity contribution in [2.45, 2.75) is 31.7 Å². The first-order valence-corrected chi connectivity index (χ1v) is 8.30. The number of halogens is 4. The molecule has 2 aromatic carbocycles. The Hall–Kier alpha value is -2.97. The summed E-state index contributed by atoms with van der Waals surface area (Å²) in [5, 5.41) is 9.29. The first-order valence-electron chi connectivity index (χ1n) is 8.30. The smallest absolute Gasteiger partial charge is 0.493 e. The lowest BCUT2D eigenvalue weighted by molar-refractivity contribution is -0.274. The highest BCUT2D eigenvalue weighted by Gasteiger charge is 2.31. The molecule has 150 valence electrons. The van der Waals surface area contributed by atoms with E-state index in [1.807, 2.05) is 0 Å². The molecule has 0 aliphatic heterocycles. The fraction of sp³-hybridized carbons (Fsp3) is 0.316. The van der Waals surface area contributed by atoms with Gasteiger partial charge in [-0.05, 0) is 42.5 Å². The molecule has 5 nitrogen and oxygen atoms in total. The number of carboxylic acids is 1. The molecule has 1 saturated carbocycles. The molecule has 3 rings (SSSR count). The number of alkyl halides is 3.